The molecule has 0 aromatic heterocycles. The minimum absolute atomic E-state index is 0.175. The molecule has 1 saturated heterocycles. The highest BCUT2D eigenvalue weighted by Gasteiger charge is 2.25. The van der Waals surface area contributed by atoms with Crippen molar-refractivity contribution in [1.29, 1.82) is 0 Å². The summed E-state index contributed by atoms with van der Waals surface area (Å²) in [5, 5.41) is 10.9. The summed E-state index contributed by atoms with van der Waals surface area (Å²) < 4.78 is 15.9. The standard InChI is InChI=1S/C12H14N2O6/c1-18-10-5-9(14(16)17)8(12(13)15)4-11(10)20-7-2-3-19-6-7/h4-5,7H,2-3,6H2,1H3,(H2,13,15)/t7-/m0/s1. The summed E-state index contributed by atoms with van der Waals surface area (Å²) in [6, 6.07) is 2.36. The molecule has 1 aliphatic heterocycles. The van der Waals surface area contributed by atoms with Gasteiger partial charge in [-0.3, -0.25) is 14.9 Å². The van der Waals surface area contributed by atoms with Crippen LogP contribution in [0.15, 0.2) is 12.1 Å². The smallest absolute Gasteiger partial charge is 0.286 e. The lowest BCUT2D eigenvalue weighted by atomic mass is 10.1. The molecule has 8 heteroatoms. The van der Waals surface area contributed by atoms with E-state index in [1.807, 2.05) is 0 Å². The number of nitrogens with zero attached hydrogens (tertiary/aromatic N) is 1. The Morgan fingerprint density at radius 3 is 2.75 bits per heavy atom. The van der Waals surface area contributed by atoms with E-state index in [1.54, 1.807) is 0 Å². The minimum atomic E-state index is -0.896. The first kappa shape index (κ1) is 14.1. The molecule has 0 spiro atoms. The fourth-order valence-electron chi connectivity index (χ4n) is 1.93. The van der Waals surface area contributed by atoms with Gasteiger partial charge in [-0.25, -0.2) is 0 Å². The van der Waals surface area contributed by atoms with Gasteiger partial charge in [0.1, 0.15) is 11.7 Å². The number of amides is 1. The van der Waals surface area contributed by atoms with Crippen LogP contribution in [0.2, 0.25) is 0 Å². The maximum Gasteiger partial charge on any atom is 0.286 e. The van der Waals surface area contributed by atoms with Crippen LogP contribution < -0.4 is 15.2 Å². The van der Waals surface area contributed by atoms with Crippen molar-refractivity contribution in [2.45, 2.75) is 12.5 Å². The van der Waals surface area contributed by atoms with Gasteiger partial charge in [0.25, 0.3) is 11.6 Å². The summed E-state index contributed by atoms with van der Waals surface area (Å²) in [4.78, 5) is 21.6. The van der Waals surface area contributed by atoms with E-state index in [9.17, 15) is 14.9 Å². The largest absolute Gasteiger partial charge is 0.493 e. The van der Waals surface area contributed by atoms with Crippen molar-refractivity contribution < 1.29 is 23.9 Å². The first-order valence-corrected chi connectivity index (χ1v) is 5.93. The van der Waals surface area contributed by atoms with Crippen LogP contribution >= 0.6 is 0 Å². The van der Waals surface area contributed by atoms with E-state index in [2.05, 4.69) is 0 Å². The van der Waals surface area contributed by atoms with Crippen LogP contribution in [-0.4, -0.2) is 37.3 Å². The first-order valence-electron chi connectivity index (χ1n) is 5.93. The lowest BCUT2D eigenvalue weighted by Gasteiger charge is -2.15. The number of primary amides is 1. The van der Waals surface area contributed by atoms with Crippen molar-refractivity contribution in [3.8, 4) is 11.5 Å². The molecule has 0 saturated carbocycles. The minimum Gasteiger partial charge on any atom is -0.493 e. The highest BCUT2D eigenvalue weighted by atomic mass is 16.6. The number of hydrogen-bond acceptors (Lipinski definition) is 6. The maximum atomic E-state index is 11.3. The van der Waals surface area contributed by atoms with Crippen molar-refractivity contribution in [2.75, 3.05) is 20.3 Å². The van der Waals surface area contributed by atoms with E-state index in [0.717, 1.165) is 6.07 Å². The van der Waals surface area contributed by atoms with Crippen LogP contribution in [0.4, 0.5) is 5.69 Å². The number of nitro groups is 1. The highest BCUT2D eigenvalue weighted by molar-refractivity contribution is 5.97. The molecule has 1 fully saturated rings. The molecule has 0 unspecified atom stereocenters. The molecule has 108 valence electrons. The van der Waals surface area contributed by atoms with Gasteiger partial charge in [0, 0.05) is 12.5 Å². The number of carbonyl (C=O) groups excluding carboxylic acids is 1. The lowest BCUT2D eigenvalue weighted by Crippen LogP contribution is -2.18. The fourth-order valence-corrected chi connectivity index (χ4v) is 1.93. The number of nitro benzene ring substituents is 1. The molecule has 1 atom stereocenters. The van der Waals surface area contributed by atoms with Crippen molar-refractivity contribution in [3.63, 3.8) is 0 Å². The zero-order valence-corrected chi connectivity index (χ0v) is 10.8. The predicted octanol–water partition coefficient (Wildman–Crippen LogP) is 0.870. The van der Waals surface area contributed by atoms with Crippen molar-refractivity contribution in [3.05, 3.63) is 27.8 Å². The molecule has 2 rings (SSSR count). The highest BCUT2D eigenvalue weighted by Crippen LogP contribution is 2.35. The van der Waals surface area contributed by atoms with E-state index < -0.39 is 16.5 Å². The average molecular weight is 282 g/mol. The van der Waals surface area contributed by atoms with Crippen LogP contribution in [0, 0.1) is 10.1 Å². The van der Waals surface area contributed by atoms with Crippen LogP contribution in [0.3, 0.4) is 0 Å². The summed E-state index contributed by atoms with van der Waals surface area (Å²) in [5.74, 6) is -0.483. The Hall–Kier alpha value is -2.35. The van der Waals surface area contributed by atoms with E-state index in [1.165, 1.54) is 13.2 Å². The molecule has 1 aromatic rings. The van der Waals surface area contributed by atoms with E-state index in [-0.39, 0.29) is 23.2 Å². The average Bonchev–Trinajstić information content (AvgIpc) is 2.90. The summed E-state index contributed by atoms with van der Waals surface area (Å²) in [6.45, 7) is 1.01. The Kier molecular flexibility index (Phi) is 4.04. The Morgan fingerprint density at radius 2 is 2.25 bits per heavy atom. The molecule has 8 nitrogen and oxygen atoms in total. The van der Waals surface area contributed by atoms with E-state index >= 15 is 0 Å². The summed E-state index contributed by atoms with van der Waals surface area (Å²) >= 11 is 0. The van der Waals surface area contributed by atoms with Gasteiger partial charge in [0.2, 0.25) is 0 Å². The molecule has 0 radical (unpaired) electrons. The number of hydrogen-bond donors (Lipinski definition) is 1. The summed E-state index contributed by atoms with van der Waals surface area (Å²) in [6.07, 6.45) is 0.526. The Morgan fingerprint density at radius 1 is 1.50 bits per heavy atom. The Balaban J connectivity index is 2.41. The fraction of sp³-hybridized carbons (Fsp3) is 0.417. The number of nitrogens with two attached hydrogens (primary N) is 1. The number of ether oxygens (including phenoxy) is 3. The quantitative estimate of drug-likeness (QED) is 0.633. The van der Waals surface area contributed by atoms with Crippen LogP contribution in [0.25, 0.3) is 0 Å². The van der Waals surface area contributed by atoms with Crippen LogP contribution in [-0.2, 0) is 4.74 Å². The van der Waals surface area contributed by atoms with Gasteiger partial charge in [-0.05, 0) is 0 Å². The number of carbonyl (C=O) groups is 1. The predicted molar refractivity (Wildman–Crippen MR) is 68.0 cm³/mol. The van der Waals surface area contributed by atoms with Gasteiger partial charge in [-0.15, -0.1) is 0 Å². The Labute approximate surface area is 114 Å². The molecule has 0 aliphatic carbocycles. The van der Waals surface area contributed by atoms with E-state index in [4.69, 9.17) is 19.9 Å². The number of rotatable bonds is 5. The van der Waals surface area contributed by atoms with Crippen molar-refractivity contribution in [1.82, 2.24) is 0 Å². The molecular weight excluding hydrogens is 268 g/mol. The van der Waals surface area contributed by atoms with Gasteiger partial charge in [-0.1, -0.05) is 0 Å². The monoisotopic (exact) mass is 282 g/mol. The third-order valence-corrected chi connectivity index (χ3v) is 2.93. The van der Waals surface area contributed by atoms with E-state index in [0.29, 0.717) is 19.6 Å². The van der Waals surface area contributed by atoms with Gasteiger partial charge in [0.05, 0.1) is 31.3 Å². The van der Waals surface area contributed by atoms with Crippen molar-refractivity contribution in [2.24, 2.45) is 5.73 Å². The number of methoxy groups -OCH3 is 1. The Bertz CT molecular complexity index is 539. The van der Waals surface area contributed by atoms with Gasteiger partial charge in [0.15, 0.2) is 11.5 Å². The third kappa shape index (κ3) is 2.80. The molecule has 0 bridgehead atoms. The zero-order chi connectivity index (χ0) is 14.7. The summed E-state index contributed by atoms with van der Waals surface area (Å²) in [7, 11) is 1.36. The number of benzene rings is 1. The second-order valence-corrected chi connectivity index (χ2v) is 4.25. The lowest BCUT2D eigenvalue weighted by molar-refractivity contribution is -0.385. The molecule has 1 aromatic carbocycles. The zero-order valence-electron chi connectivity index (χ0n) is 10.8. The normalized spacial score (nSPS) is 17.8. The maximum absolute atomic E-state index is 11.3. The molecule has 20 heavy (non-hydrogen) atoms. The van der Waals surface area contributed by atoms with Crippen molar-refractivity contribution >= 4 is 11.6 Å². The molecule has 1 aliphatic rings. The SMILES string of the molecule is COc1cc([N+](=O)[O-])c(C(N)=O)cc1O[C@H]1CCOC1. The topological polar surface area (TPSA) is 114 Å². The summed E-state index contributed by atoms with van der Waals surface area (Å²) in [5.41, 5.74) is 4.53. The van der Waals surface area contributed by atoms with Gasteiger partial charge < -0.3 is 19.9 Å². The van der Waals surface area contributed by atoms with Gasteiger partial charge >= 0.3 is 0 Å². The molecule has 1 heterocycles. The second kappa shape index (κ2) is 5.74. The van der Waals surface area contributed by atoms with Crippen LogP contribution in [0.5, 0.6) is 11.5 Å². The molecular formula is C12H14N2O6. The third-order valence-electron chi connectivity index (χ3n) is 2.93. The molecule has 2 N–H and O–H groups in total. The van der Waals surface area contributed by atoms with Gasteiger partial charge in [-0.2, -0.15) is 0 Å². The molecule has 1 amide bonds. The van der Waals surface area contributed by atoms with Crippen LogP contribution in [0.1, 0.15) is 16.8 Å². The first-order chi connectivity index (χ1) is 9.52. The second-order valence-electron chi connectivity index (χ2n) is 4.25.